The molecule has 0 bridgehead atoms. The van der Waals surface area contributed by atoms with Gasteiger partial charge in [-0.05, 0) is 42.0 Å². The van der Waals surface area contributed by atoms with Gasteiger partial charge in [-0.15, -0.1) is 11.3 Å². The van der Waals surface area contributed by atoms with Crippen molar-refractivity contribution in [2.24, 2.45) is 0 Å². The number of hydrogen-bond donors (Lipinski definition) is 1. The van der Waals surface area contributed by atoms with Crippen LogP contribution in [0.25, 0.3) is 20.8 Å². The van der Waals surface area contributed by atoms with Crippen molar-refractivity contribution >= 4 is 27.5 Å². The second kappa shape index (κ2) is 8.04. The molecule has 0 unspecified atom stereocenters. The van der Waals surface area contributed by atoms with E-state index in [2.05, 4.69) is 5.32 Å². The van der Waals surface area contributed by atoms with Gasteiger partial charge < -0.3 is 19.5 Å². The van der Waals surface area contributed by atoms with Crippen molar-refractivity contribution in [3.63, 3.8) is 0 Å². The second-order valence-electron chi connectivity index (χ2n) is 6.74. The fourth-order valence-electron chi connectivity index (χ4n) is 3.20. The third-order valence-corrected chi connectivity index (χ3v) is 5.77. The lowest BCUT2D eigenvalue weighted by molar-refractivity contribution is -0.123. The molecule has 1 aliphatic heterocycles. The van der Waals surface area contributed by atoms with Crippen molar-refractivity contribution in [2.75, 3.05) is 13.4 Å². The minimum atomic E-state index is -0.202. The van der Waals surface area contributed by atoms with E-state index in [0.29, 0.717) is 18.0 Å². The number of aromatic nitrogens is 1. The van der Waals surface area contributed by atoms with Crippen LogP contribution in [0.15, 0.2) is 66.7 Å². The number of rotatable bonds is 6. The van der Waals surface area contributed by atoms with Crippen LogP contribution in [0, 0.1) is 0 Å². The minimum absolute atomic E-state index is 0.0769. The second-order valence-corrected chi connectivity index (χ2v) is 7.77. The van der Waals surface area contributed by atoms with Gasteiger partial charge in [-0.3, -0.25) is 4.79 Å². The van der Waals surface area contributed by atoms with Gasteiger partial charge in [-0.1, -0.05) is 30.3 Å². The molecular formula is C23H18N2O4S. The highest BCUT2D eigenvalue weighted by Crippen LogP contribution is 2.35. The first-order chi connectivity index (χ1) is 14.8. The number of ether oxygens (including phenoxy) is 3. The SMILES string of the molecule is O=C(COc1ccccc1-c1nc2ccccc2s1)NCc1ccc2c(c1)OCO2. The van der Waals surface area contributed by atoms with Crippen LogP contribution in [-0.2, 0) is 11.3 Å². The Morgan fingerprint density at radius 3 is 2.80 bits per heavy atom. The van der Waals surface area contributed by atoms with E-state index in [9.17, 15) is 4.79 Å². The molecule has 0 aliphatic carbocycles. The quantitative estimate of drug-likeness (QED) is 0.503. The molecule has 1 N–H and O–H groups in total. The van der Waals surface area contributed by atoms with Gasteiger partial charge in [-0.25, -0.2) is 4.98 Å². The molecule has 0 saturated heterocycles. The number of amides is 1. The van der Waals surface area contributed by atoms with E-state index in [1.807, 2.05) is 66.7 Å². The zero-order valence-electron chi connectivity index (χ0n) is 16.0. The summed E-state index contributed by atoms with van der Waals surface area (Å²) in [6.07, 6.45) is 0. The van der Waals surface area contributed by atoms with Crippen molar-refractivity contribution in [3.8, 4) is 27.8 Å². The molecular weight excluding hydrogens is 400 g/mol. The average Bonchev–Trinajstić information content (AvgIpc) is 3.42. The van der Waals surface area contributed by atoms with E-state index in [1.54, 1.807) is 11.3 Å². The van der Waals surface area contributed by atoms with Gasteiger partial charge in [0.25, 0.3) is 5.91 Å². The fourth-order valence-corrected chi connectivity index (χ4v) is 4.20. The Kier molecular flexibility index (Phi) is 4.94. The van der Waals surface area contributed by atoms with Gasteiger partial charge in [0.2, 0.25) is 6.79 Å². The van der Waals surface area contributed by atoms with E-state index >= 15 is 0 Å². The lowest BCUT2D eigenvalue weighted by atomic mass is 10.2. The molecule has 6 nitrogen and oxygen atoms in total. The van der Waals surface area contributed by atoms with Crippen molar-refractivity contribution in [1.82, 2.24) is 10.3 Å². The van der Waals surface area contributed by atoms with Gasteiger partial charge in [0, 0.05) is 6.54 Å². The maximum absolute atomic E-state index is 12.3. The van der Waals surface area contributed by atoms with Crippen molar-refractivity contribution in [2.45, 2.75) is 6.54 Å². The molecule has 0 radical (unpaired) electrons. The van der Waals surface area contributed by atoms with E-state index in [4.69, 9.17) is 19.2 Å². The summed E-state index contributed by atoms with van der Waals surface area (Å²) in [5, 5.41) is 3.74. The van der Waals surface area contributed by atoms with E-state index in [-0.39, 0.29) is 19.3 Å². The number of fused-ring (bicyclic) bond motifs is 2. The van der Waals surface area contributed by atoms with Crippen LogP contribution < -0.4 is 19.5 Å². The number of nitrogens with one attached hydrogen (secondary N) is 1. The van der Waals surface area contributed by atoms with E-state index in [1.165, 1.54) is 0 Å². The van der Waals surface area contributed by atoms with Gasteiger partial charge in [0.15, 0.2) is 18.1 Å². The summed E-state index contributed by atoms with van der Waals surface area (Å²) in [5.74, 6) is 1.85. The Hall–Kier alpha value is -3.58. The molecule has 150 valence electrons. The third-order valence-electron chi connectivity index (χ3n) is 4.70. The highest BCUT2D eigenvalue weighted by Gasteiger charge is 2.15. The fraction of sp³-hybridized carbons (Fsp3) is 0.130. The first-order valence-corrected chi connectivity index (χ1v) is 10.3. The first kappa shape index (κ1) is 18.4. The van der Waals surface area contributed by atoms with E-state index < -0.39 is 0 Å². The van der Waals surface area contributed by atoms with Crippen molar-refractivity contribution in [1.29, 1.82) is 0 Å². The lowest BCUT2D eigenvalue weighted by Crippen LogP contribution is -2.28. The summed E-state index contributed by atoms with van der Waals surface area (Å²) in [6.45, 7) is 0.540. The Labute approximate surface area is 177 Å². The summed E-state index contributed by atoms with van der Waals surface area (Å²) in [4.78, 5) is 17.0. The maximum atomic E-state index is 12.3. The zero-order valence-corrected chi connectivity index (χ0v) is 16.8. The summed E-state index contributed by atoms with van der Waals surface area (Å²) in [7, 11) is 0. The molecule has 7 heteroatoms. The molecule has 0 saturated carbocycles. The number of thiazole rings is 1. The molecule has 2 heterocycles. The summed E-state index contributed by atoms with van der Waals surface area (Å²) < 4.78 is 17.6. The number of carbonyl (C=O) groups is 1. The number of hydrogen-bond acceptors (Lipinski definition) is 6. The molecule has 4 aromatic rings. The molecule has 5 rings (SSSR count). The first-order valence-electron chi connectivity index (χ1n) is 9.49. The number of para-hydroxylation sites is 2. The Morgan fingerprint density at radius 2 is 1.87 bits per heavy atom. The zero-order chi connectivity index (χ0) is 20.3. The lowest BCUT2D eigenvalue weighted by Gasteiger charge is -2.10. The normalized spacial score (nSPS) is 12.1. The predicted octanol–water partition coefficient (Wildman–Crippen LogP) is 4.39. The van der Waals surface area contributed by atoms with Crippen LogP contribution in [0.4, 0.5) is 0 Å². The maximum Gasteiger partial charge on any atom is 0.258 e. The molecule has 1 amide bonds. The molecule has 30 heavy (non-hydrogen) atoms. The predicted molar refractivity (Wildman–Crippen MR) is 115 cm³/mol. The summed E-state index contributed by atoms with van der Waals surface area (Å²) in [6, 6.07) is 21.2. The molecule has 0 atom stereocenters. The molecule has 0 spiro atoms. The summed E-state index contributed by atoms with van der Waals surface area (Å²) >= 11 is 1.60. The van der Waals surface area contributed by atoms with Gasteiger partial charge in [0.05, 0.1) is 15.8 Å². The summed E-state index contributed by atoms with van der Waals surface area (Å²) in [5.41, 5.74) is 2.76. The number of nitrogens with zero attached hydrogens (tertiary/aromatic N) is 1. The van der Waals surface area contributed by atoms with Crippen LogP contribution in [0.3, 0.4) is 0 Å². The highest BCUT2D eigenvalue weighted by molar-refractivity contribution is 7.21. The smallest absolute Gasteiger partial charge is 0.258 e. The van der Waals surface area contributed by atoms with Crippen LogP contribution in [0.2, 0.25) is 0 Å². The van der Waals surface area contributed by atoms with Crippen LogP contribution in [0.5, 0.6) is 17.2 Å². The Morgan fingerprint density at radius 1 is 1.03 bits per heavy atom. The van der Waals surface area contributed by atoms with Crippen molar-refractivity contribution < 1.29 is 19.0 Å². The van der Waals surface area contributed by atoms with Crippen molar-refractivity contribution in [3.05, 3.63) is 72.3 Å². The standard InChI is InChI=1S/C23H18N2O4S/c26-22(24-12-15-9-10-19-20(11-15)29-14-28-19)13-27-18-7-3-1-5-16(18)23-25-17-6-2-4-8-21(17)30-23/h1-11H,12-14H2,(H,24,26). The average molecular weight is 418 g/mol. The van der Waals surface area contributed by atoms with Crippen LogP contribution in [0.1, 0.15) is 5.56 Å². The number of benzene rings is 3. The van der Waals surface area contributed by atoms with E-state index in [0.717, 1.165) is 32.1 Å². The highest BCUT2D eigenvalue weighted by atomic mass is 32.1. The number of carbonyl (C=O) groups excluding carboxylic acids is 1. The van der Waals surface area contributed by atoms with Gasteiger partial charge >= 0.3 is 0 Å². The Balaban J connectivity index is 1.24. The van der Waals surface area contributed by atoms with Crippen LogP contribution in [-0.4, -0.2) is 24.3 Å². The Bertz CT molecular complexity index is 1190. The molecule has 1 aliphatic rings. The minimum Gasteiger partial charge on any atom is -0.483 e. The largest absolute Gasteiger partial charge is 0.483 e. The van der Waals surface area contributed by atoms with Gasteiger partial charge in [-0.2, -0.15) is 0 Å². The molecule has 0 fully saturated rings. The monoisotopic (exact) mass is 418 g/mol. The van der Waals surface area contributed by atoms with Crippen LogP contribution >= 0.6 is 11.3 Å². The van der Waals surface area contributed by atoms with Gasteiger partial charge in [0.1, 0.15) is 10.8 Å². The molecule has 1 aromatic heterocycles. The molecule has 3 aromatic carbocycles. The topological polar surface area (TPSA) is 69.7 Å². The third kappa shape index (κ3) is 3.79.